The molecule has 1 N–H and O–H groups in total. The molecule has 0 unspecified atom stereocenters. The molecule has 10 heteroatoms. The maximum absolute atomic E-state index is 13.3. The lowest BCUT2D eigenvalue weighted by Crippen LogP contribution is -2.43. The number of amides is 1. The zero-order chi connectivity index (χ0) is 22.5. The molecular formula is C20H22ClF3N2O3S. The predicted octanol–water partition coefficient (Wildman–Crippen LogP) is 4.86. The maximum Gasteiger partial charge on any atom is 0.417 e. The summed E-state index contributed by atoms with van der Waals surface area (Å²) in [5, 5.41) is 2.10. The van der Waals surface area contributed by atoms with Crippen LogP contribution in [0.25, 0.3) is 0 Å². The van der Waals surface area contributed by atoms with Crippen LogP contribution in [0.15, 0.2) is 53.4 Å². The van der Waals surface area contributed by atoms with E-state index < -0.39 is 39.2 Å². The molecule has 0 saturated heterocycles. The number of halogens is 4. The van der Waals surface area contributed by atoms with Crippen LogP contribution in [0, 0.1) is 0 Å². The summed E-state index contributed by atoms with van der Waals surface area (Å²) in [5.74, 6) is -0.626. The minimum absolute atomic E-state index is 0.150. The number of anilines is 1. The van der Waals surface area contributed by atoms with Gasteiger partial charge in [0.2, 0.25) is 5.91 Å². The lowest BCUT2D eigenvalue weighted by molar-refractivity contribution is -0.137. The van der Waals surface area contributed by atoms with Crippen molar-refractivity contribution in [2.45, 2.75) is 43.8 Å². The van der Waals surface area contributed by atoms with E-state index in [1.165, 1.54) is 24.3 Å². The van der Waals surface area contributed by atoms with E-state index >= 15 is 0 Å². The third-order valence-electron chi connectivity index (χ3n) is 4.29. The van der Waals surface area contributed by atoms with Crippen molar-refractivity contribution in [2.75, 3.05) is 10.8 Å². The van der Waals surface area contributed by atoms with Gasteiger partial charge >= 0.3 is 6.18 Å². The lowest BCUT2D eigenvalue weighted by atomic mass is 10.2. The Morgan fingerprint density at radius 3 is 2.37 bits per heavy atom. The number of rotatable bonds is 8. The fraction of sp³-hybridized carbons (Fsp3) is 0.350. The highest BCUT2D eigenvalue weighted by molar-refractivity contribution is 7.92. The molecule has 30 heavy (non-hydrogen) atoms. The van der Waals surface area contributed by atoms with Crippen molar-refractivity contribution >= 4 is 33.2 Å². The average Bonchev–Trinajstić information content (AvgIpc) is 2.66. The number of alkyl halides is 3. The molecule has 1 amide bonds. The number of carbonyl (C=O) groups excluding carboxylic acids is 1. The van der Waals surface area contributed by atoms with Crippen molar-refractivity contribution in [3.05, 3.63) is 59.1 Å². The molecule has 0 aliphatic heterocycles. The smallest absolute Gasteiger partial charge is 0.352 e. The Balaban J connectivity index is 2.51. The molecule has 0 spiro atoms. The second kappa shape index (κ2) is 9.70. The van der Waals surface area contributed by atoms with E-state index in [4.69, 9.17) is 11.6 Å². The van der Waals surface area contributed by atoms with Crippen molar-refractivity contribution in [2.24, 2.45) is 0 Å². The van der Waals surface area contributed by atoms with Gasteiger partial charge in [0.05, 0.1) is 21.2 Å². The van der Waals surface area contributed by atoms with Gasteiger partial charge in [-0.25, -0.2) is 8.42 Å². The lowest BCUT2D eigenvalue weighted by Gasteiger charge is -2.26. The van der Waals surface area contributed by atoms with E-state index in [2.05, 4.69) is 5.32 Å². The predicted molar refractivity (Wildman–Crippen MR) is 110 cm³/mol. The first kappa shape index (κ1) is 24.0. The summed E-state index contributed by atoms with van der Waals surface area (Å²) in [7, 11) is -4.31. The molecule has 0 bridgehead atoms. The molecule has 0 aromatic heterocycles. The molecule has 2 rings (SSSR count). The SMILES string of the molecule is CCC[C@@H](C)NC(=O)CN(c1ccc(Cl)c(C(F)(F)F)c1)S(=O)(=O)c1ccccc1. The number of sulfonamides is 1. The molecule has 0 radical (unpaired) electrons. The van der Waals surface area contributed by atoms with Gasteiger partial charge in [0.25, 0.3) is 10.0 Å². The van der Waals surface area contributed by atoms with Crippen molar-refractivity contribution in [3.8, 4) is 0 Å². The summed E-state index contributed by atoms with van der Waals surface area (Å²) in [4.78, 5) is 12.3. The van der Waals surface area contributed by atoms with Crippen LogP contribution < -0.4 is 9.62 Å². The monoisotopic (exact) mass is 462 g/mol. The summed E-state index contributed by atoms with van der Waals surface area (Å²) in [6.07, 6.45) is -3.30. The van der Waals surface area contributed by atoms with Crippen molar-refractivity contribution in [3.63, 3.8) is 0 Å². The van der Waals surface area contributed by atoms with Gasteiger partial charge < -0.3 is 5.32 Å². The van der Waals surface area contributed by atoms with E-state index in [9.17, 15) is 26.4 Å². The summed E-state index contributed by atoms with van der Waals surface area (Å²) >= 11 is 5.66. The normalized spacial score (nSPS) is 13.0. The van der Waals surface area contributed by atoms with Gasteiger partial charge in [-0.1, -0.05) is 43.1 Å². The van der Waals surface area contributed by atoms with E-state index in [-0.39, 0.29) is 16.6 Å². The first-order valence-electron chi connectivity index (χ1n) is 9.20. The maximum atomic E-state index is 13.3. The molecule has 164 valence electrons. The van der Waals surface area contributed by atoms with Gasteiger partial charge in [-0.2, -0.15) is 13.2 Å². The summed E-state index contributed by atoms with van der Waals surface area (Å²) in [5.41, 5.74) is -1.50. The highest BCUT2D eigenvalue weighted by atomic mass is 35.5. The first-order valence-corrected chi connectivity index (χ1v) is 11.0. The molecule has 5 nitrogen and oxygen atoms in total. The van der Waals surface area contributed by atoms with Crippen LogP contribution in [0.1, 0.15) is 32.3 Å². The van der Waals surface area contributed by atoms with Crippen LogP contribution in [-0.2, 0) is 21.0 Å². The fourth-order valence-electron chi connectivity index (χ4n) is 2.88. The Kier molecular flexibility index (Phi) is 7.76. The number of carbonyl (C=O) groups is 1. The number of hydrogen-bond acceptors (Lipinski definition) is 3. The van der Waals surface area contributed by atoms with Gasteiger partial charge in [0.1, 0.15) is 6.54 Å². The number of benzene rings is 2. The first-order chi connectivity index (χ1) is 14.0. The van der Waals surface area contributed by atoms with Gasteiger partial charge in [-0.05, 0) is 43.7 Å². The van der Waals surface area contributed by atoms with Crippen LogP contribution in [0.3, 0.4) is 0 Å². The quantitative estimate of drug-likeness (QED) is 0.609. The van der Waals surface area contributed by atoms with Crippen LogP contribution >= 0.6 is 11.6 Å². The molecule has 0 heterocycles. The molecule has 1 atom stereocenters. The largest absolute Gasteiger partial charge is 0.417 e. The number of nitrogens with one attached hydrogen (secondary N) is 1. The van der Waals surface area contributed by atoms with Crippen molar-refractivity contribution in [1.29, 1.82) is 0 Å². The number of hydrogen-bond donors (Lipinski definition) is 1. The van der Waals surface area contributed by atoms with Gasteiger partial charge in [0.15, 0.2) is 0 Å². The third kappa shape index (κ3) is 5.89. The van der Waals surface area contributed by atoms with Crippen LogP contribution in [-0.4, -0.2) is 26.9 Å². The standard InChI is InChI=1S/C20H22ClF3N2O3S/c1-3-7-14(2)25-19(27)13-26(30(28,29)16-8-5-4-6-9-16)15-10-11-18(21)17(12-15)20(22,23)24/h4-6,8-12,14H,3,7,13H2,1-2H3,(H,25,27)/t14-/m1/s1. The van der Waals surface area contributed by atoms with E-state index in [0.717, 1.165) is 18.6 Å². The minimum atomic E-state index is -4.78. The molecule has 0 aliphatic rings. The molecule has 0 saturated carbocycles. The van der Waals surface area contributed by atoms with Crippen LogP contribution in [0.5, 0.6) is 0 Å². The molecule has 0 fully saturated rings. The second-order valence-electron chi connectivity index (χ2n) is 6.74. The highest BCUT2D eigenvalue weighted by Crippen LogP contribution is 2.37. The molecule has 2 aromatic rings. The van der Waals surface area contributed by atoms with E-state index in [1.807, 2.05) is 6.92 Å². The minimum Gasteiger partial charge on any atom is -0.352 e. The van der Waals surface area contributed by atoms with Crippen LogP contribution in [0.4, 0.5) is 18.9 Å². The topological polar surface area (TPSA) is 66.5 Å². The third-order valence-corrected chi connectivity index (χ3v) is 6.41. The van der Waals surface area contributed by atoms with Gasteiger partial charge in [-0.15, -0.1) is 0 Å². The van der Waals surface area contributed by atoms with Crippen molar-refractivity contribution in [1.82, 2.24) is 5.32 Å². The zero-order valence-electron chi connectivity index (χ0n) is 16.4. The van der Waals surface area contributed by atoms with Gasteiger partial charge in [-0.3, -0.25) is 9.10 Å². The summed E-state index contributed by atoms with van der Waals surface area (Å²) < 4.78 is 66.9. The Bertz CT molecular complexity index is 983. The summed E-state index contributed by atoms with van der Waals surface area (Å²) in [6.45, 7) is 3.02. The Morgan fingerprint density at radius 1 is 1.17 bits per heavy atom. The second-order valence-corrected chi connectivity index (χ2v) is 9.01. The zero-order valence-corrected chi connectivity index (χ0v) is 18.0. The number of nitrogens with zero attached hydrogens (tertiary/aromatic N) is 1. The average molecular weight is 463 g/mol. The Hall–Kier alpha value is -2.26. The Labute approximate surface area is 178 Å². The molecule has 0 aliphatic carbocycles. The van der Waals surface area contributed by atoms with E-state index in [1.54, 1.807) is 13.0 Å². The van der Waals surface area contributed by atoms with Crippen LogP contribution in [0.2, 0.25) is 5.02 Å². The Morgan fingerprint density at radius 2 is 1.80 bits per heavy atom. The molecule has 2 aromatic carbocycles. The van der Waals surface area contributed by atoms with Crippen molar-refractivity contribution < 1.29 is 26.4 Å². The highest BCUT2D eigenvalue weighted by Gasteiger charge is 2.35. The molecular weight excluding hydrogens is 441 g/mol. The fourth-order valence-corrected chi connectivity index (χ4v) is 4.54. The van der Waals surface area contributed by atoms with E-state index in [0.29, 0.717) is 16.8 Å². The summed E-state index contributed by atoms with van der Waals surface area (Å²) in [6, 6.07) is 9.71. The van der Waals surface area contributed by atoms with Gasteiger partial charge in [0, 0.05) is 6.04 Å².